The van der Waals surface area contributed by atoms with Crippen LogP contribution in [0.4, 0.5) is 0 Å². The van der Waals surface area contributed by atoms with E-state index >= 15 is 0 Å². The van der Waals surface area contributed by atoms with Crippen molar-refractivity contribution in [1.29, 1.82) is 0 Å². The van der Waals surface area contributed by atoms with E-state index in [0.29, 0.717) is 50.0 Å². The first kappa shape index (κ1) is 24.8. The van der Waals surface area contributed by atoms with E-state index in [0.717, 1.165) is 0 Å². The van der Waals surface area contributed by atoms with Crippen molar-refractivity contribution >= 4 is 15.9 Å². The summed E-state index contributed by atoms with van der Waals surface area (Å²) >= 11 is 0. The number of hydrogen-bond acceptors (Lipinski definition) is 7. The third-order valence-corrected chi connectivity index (χ3v) is 7.00. The van der Waals surface area contributed by atoms with E-state index in [4.69, 9.17) is 18.9 Å². The molecule has 1 heterocycles. The van der Waals surface area contributed by atoms with Gasteiger partial charge in [0.2, 0.25) is 10.0 Å². The summed E-state index contributed by atoms with van der Waals surface area (Å²) in [6.07, 6.45) is -0.134. The van der Waals surface area contributed by atoms with Gasteiger partial charge in [0.25, 0.3) is 5.91 Å². The fraction of sp³-hybridized carbons (Fsp3) is 0.435. The van der Waals surface area contributed by atoms with E-state index < -0.39 is 16.1 Å². The van der Waals surface area contributed by atoms with Crippen LogP contribution in [0, 0.1) is 0 Å². The molecule has 0 saturated carbocycles. The van der Waals surface area contributed by atoms with Gasteiger partial charge < -0.3 is 24.3 Å². The van der Waals surface area contributed by atoms with Gasteiger partial charge in [0.1, 0.15) is 23.9 Å². The fourth-order valence-corrected chi connectivity index (χ4v) is 4.67. The monoisotopic (exact) mass is 478 g/mol. The van der Waals surface area contributed by atoms with Gasteiger partial charge >= 0.3 is 0 Å². The molecule has 1 fully saturated rings. The molecule has 10 heteroatoms. The molecule has 180 valence electrons. The van der Waals surface area contributed by atoms with E-state index in [-0.39, 0.29) is 24.0 Å². The van der Waals surface area contributed by atoms with Crippen LogP contribution in [0.15, 0.2) is 53.4 Å². The highest BCUT2D eigenvalue weighted by atomic mass is 32.2. The number of rotatable bonds is 11. The number of amides is 1. The van der Waals surface area contributed by atoms with Crippen LogP contribution in [0.1, 0.15) is 13.3 Å². The Kier molecular flexibility index (Phi) is 8.93. The average molecular weight is 479 g/mol. The van der Waals surface area contributed by atoms with Crippen LogP contribution in [0.3, 0.4) is 0 Å². The van der Waals surface area contributed by atoms with Gasteiger partial charge in [-0.2, -0.15) is 4.31 Å². The number of nitrogens with zero attached hydrogens (tertiary/aromatic N) is 1. The van der Waals surface area contributed by atoms with Crippen LogP contribution in [-0.2, 0) is 19.6 Å². The lowest BCUT2D eigenvalue weighted by Gasteiger charge is -2.26. The summed E-state index contributed by atoms with van der Waals surface area (Å²) in [5, 5.41) is 2.80. The molecule has 0 bridgehead atoms. The molecule has 1 N–H and O–H groups in total. The number of carbonyl (C=O) groups excluding carboxylic acids is 1. The summed E-state index contributed by atoms with van der Waals surface area (Å²) < 4.78 is 48.5. The number of nitrogens with one attached hydrogen (secondary N) is 1. The van der Waals surface area contributed by atoms with Gasteiger partial charge in [-0.3, -0.25) is 4.79 Å². The average Bonchev–Trinajstić information content (AvgIpc) is 2.86. The molecule has 0 radical (unpaired) electrons. The Morgan fingerprint density at radius 3 is 2.45 bits per heavy atom. The van der Waals surface area contributed by atoms with Crippen molar-refractivity contribution < 1.29 is 32.2 Å². The summed E-state index contributed by atoms with van der Waals surface area (Å²) in [7, 11) is -1.97. The van der Waals surface area contributed by atoms with E-state index in [9.17, 15) is 13.2 Å². The van der Waals surface area contributed by atoms with Gasteiger partial charge in [0.15, 0.2) is 6.10 Å². The predicted molar refractivity (Wildman–Crippen MR) is 122 cm³/mol. The molecule has 0 spiro atoms. The zero-order chi connectivity index (χ0) is 23.7. The van der Waals surface area contributed by atoms with Crippen molar-refractivity contribution in [2.24, 2.45) is 0 Å². The quantitative estimate of drug-likeness (QED) is 0.493. The van der Waals surface area contributed by atoms with Gasteiger partial charge in [-0.1, -0.05) is 13.0 Å². The second-order valence-corrected chi connectivity index (χ2v) is 9.26. The molecule has 2 aromatic rings. The summed E-state index contributed by atoms with van der Waals surface area (Å²) in [6, 6.07) is 13.3. The van der Waals surface area contributed by atoms with Crippen LogP contribution in [0.5, 0.6) is 17.2 Å². The minimum atomic E-state index is -3.54. The smallest absolute Gasteiger partial charge is 0.261 e. The lowest BCUT2D eigenvalue weighted by Crippen LogP contribution is -2.40. The zero-order valence-corrected chi connectivity index (χ0v) is 19.7. The highest BCUT2D eigenvalue weighted by Gasteiger charge is 2.26. The molecular formula is C23H30N2O7S. The minimum absolute atomic E-state index is 0.213. The molecule has 3 rings (SSSR count). The van der Waals surface area contributed by atoms with Crippen molar-refractivity contribution in [2.75, 3.05) is 46.6 Å². The first-order valence-corrected chi connectivity index (χ1v) is 12.3. The summed E-state index contributed by atoms with van der Waals surface area (Å²) in [6.45, 7) is 3.88. The molecular weight excluding hydrogens is 448 g/mol. The third kappa shape index (κ3) is 6.83. The standard InChI is InChI=1S/C23H30N2O7S/c1-3-22(32-20-6-4-5-19(17-20)29-2)23(26)24-11-14-31-18-7-9-21(10-8-18)33(27,28)25-12-15-30-16-13-25/h4-10,17,22H,3,11-16H2,1-2H3,(H,24,26)/t22-/m0/s1. The molecule has 0 aromatic heterocycles. The maximum Gasteiger partial charge on any atom is 0.261 e. The van der Waals surface area contributed by atoms with Crippen LogP contribution >= 0.6 is 0 Å². The lowest BCUT2D eigenvalue weighted by molar-refractivity contribution is -0.128. The van der Waals surface area contributed by atoms with Gasteiger partial charge in [0.05, 0.1) is 31.8 Å². The largest absolute Gasteiger partial charge is 0.497 e. The number of hydrogen-bond donors (Lipinski definition) is 1. The lowest BCUT2D eigenvalue weighted by atomic mass is 10.2. The first-order valence-electron chi connectivity index (χ1n) is 10.8. The number of morpholine rings is 1. The van der Waals surface area contributed by atoms with Crippen LogP contribution in [0.25, 0.3) is 0 Å². The van der Waals surface area contributed by atoms with Crippen molar-refractivity contribution in [1.82, 2.24) is 9.62 Å². The Labute approximate surface area is 194 Å². The predicted octanol–water partition coefficient (Wildman–Crippen LogP) is 2.07. The molecule has 33 heavy (non-hydrogen) atoms. The molecule has 1 aliphatic rings. The minimum Gasteiger partial charge on any atom is -0.497 e. The van der Waals surface area contributed by atoms with Gasteiger partial charge in [-0.05, 0) is 42.8 Å². The Hall–Kier alpha value is -2.82. The Bertz CT molecular complexity index is 1010. The highest BCUT2D eigenvalue weighted by molar-refractivity contribution is 7.89. The molecule has 1 amide bonds. The van der Waals surface area contributed by atoms with Crippen molar-refractivity contribution in [3.8, 4) is 17.2 Å². The van der Waals surface area contributed by atoms with Crippen LogP contribution in [0.2, 0.25) is 0 Å². The second kappa shape index (κ2) is 11.9. The zero-order valence-electron chi connectivity index (χ0n) is 18.9. The van der Waals surface area contributed by atoms with Crippen molar-refractivity contribution in [3.05, 3.63) is 48.5 Å². The summed E-state index contributed by atoms with van der Waals surface area (Å²) in [5.41, 5.74) is 0. The molecule has 1 saturated heterocycles. The number of sulfonamides is 1. The fourth-order valence-electron chi connectivity index (χ4n) is 3.26. The molecule has 0 aliphatic carbocycles. The normalized spacial score (nSPS) is 15.5. The van der Waals surface area contributed by atoms with Crippen molar-refractivity contribution in [2.45, 2.75) is 24.3 Å². The van der Waals surface area contributed by atoms with Crippen LogP contribution in [-0.4, -0.2) is 71.3 Å². The third-order valence-electron chi connectivity index (χ3n) is 5.08. The van der Waals surface area contributed by atoms with Crippen molar-refractivity contribution in [3.63, 3.8) is 0 Å². The highest BCUT2D eigenvalue weighted by Crippen LogP contribution is 2.21. The molecule has 9 nitrogen and oxygen atoms in total. The molecule has 1 aliphatic heterocycles. The van der Waals surface area contributed by atoms with E-state index in [1.165, 1.54) is 16.4 Å². The Morgan fingerprint density at radius 1 is 1.09 bits per heavy atom. The van der Waals surface area contributed by atoms with E-state index in [1.807, 2.05) is 6.92 Å². The van der Waals surface area contributed by atoms with E-state index in [1.54, 1.807) is 43.5 Å². The SMILES string of the molecule is CC[C@H](Oc1cccc(OC)c1)C(=O)NCCOc1ccc(S(=O)(=O)N2CCOCC2)cc1. The number of benzene rings is 2. The van der Waals surface area contributed by atoms with Gasteiger partial charge in [-0.15, -0.1) is 0 Å². The summed E-state index contributed by atoms with van der Waals surface area (Å²) in [4.78, 5) is 12.7. The molecule has 2 aromatic carbocycles. The van der Waals surface area contributed by atoms with E-state index in [2.05, 4.69) is 5.32 Å². The number of carbonyl (C=O) groups is 1. The first-order chi connectivity index (χ1) is 15.9. The Balaban J connectivity index is 1.45. The maximum atomic E-state index is 12.7. The summed E-state index contributed by atoms with van der Waals surface area (Å²) in [5.74, 6) is 1.49. The van der Waals surface area contributed by atoms with Gasteiger partial charge in [-0.25, -0.2) is 8.42 Å². The number of ether oxygens (including phenoxy) is 4. The van der Waals surface area contributed by atoms with Crippen LogP contribution < -0.4 is 19.5 Å². The topological polar surface area (TPSA) is 103 Å². The Morgan fingerprint density at radius 2 is 1.79 bits per heavy atom. The number of methoxy groups -OCH3 is 1. The maximum absolute atomic E-state index is 12.7. The van der Waals surface area contributed by atoms with Gasteiger partial charge in [0, 0.05) is 19.2 Å². The molecule has 0 unspecified atom stereocenters. The molecule has 1 atom stereocenters. The second-order valence-electron chi connectivity index (χ2n) is 7.32.